The van der Waals surface area contributed by atoms with Crippen molar-refractivity contribution in [1.82, 2.24) is 0 Å². The Hall–Kier alpha value is -1.81. The molecule has 0 bridgehead atoms. The fourth-order valence-electron chi connectivity index (χ4n) is 2.17. The van der Waals surface area contributed by atoms with Gasteiger partial charge in [0, 0.05) is 17.4 Å². The highest BCUT2D eigenvalue weighted by atomic mass is 35.5. The van der Waals surface area contributed by atoms with Crippen molar-refractivity contribution in [3.63, 3.8) is 0 Å². The number of ketones is 2. The Labute approximate surface area is 103 Å². The summed E-state index contributed by atoms with van der Waals surface area (Å²) in [4.78, 5) is 34.4. The molecule has 0 atom stereocenters. The molecule has 0 radical (unpaired) electrons. The van der Waals surface area contributed by atoms with E-state index in [2.05, 4.69) is 0 Å². The van der Waals surface area contributed by atoms with Gasteiger partial charge < -0.3 is 0 Å². The van der Waals surface area contributed by atoms with Crippen molar-refractivity contribution >= 4 is 24.0 Å². The van der Waals surface area contributed by atoms with Crippen molar-refractivity contribution in [2.75, 3.05) is 0 Å². The van der Waals surface area contributed by atoms with Crippen LogP contribution in [0.4, 0.5) is 0 Å². The monoisotopic (exact) mass is 250 g/mol. The third-order valence-electron chi connectivity index (χ3n) is 2.92. The molecule has 1 aliphatic heterocycles. The summed E-state index contributed by atoms with van der Waals surface area (Å²) >= 11 is 0. The van der Waals surface area contributed by atoms with E-state index in [1.807, 2.05) is 0 Å². The fourth-order valence-corrected chi connectivity index (χ4v) is 2.17. The summed E-state index contributed by atoms with van der Waals surface area (Å²) in [6.45, 7) is 0. The summed E-state index contributed by atoms with van der Waals surface area (Å²) in [6.07, 6.45) is 6.57. The molecule has 0 aromatic rings. The van der Waals surface area contributed by atoms with Crippen molar-refractivity contribution < 1.29 is 14.3 Å². The summed E-state index contributed by atoms with van der Waals surface area (Å²) in [7, 11) is 0. The first kappa shape index (κ1) is 11.7. The minimum absolute atomic E-state index is 0. The Balaban J connectivity index is 0.00000108. The topological polar surface area (TPSA) is 54.2 Å². The van der Waals surface area contributed by atoms with Crippen LogP contribution >= 0.6 is 12.4 Å². The first-order valence-corrected chi connectivity index (χ1v) is 5.03. The number of allylic oxidation sites excluding steroid dienone is 6. The van der Waals surface area contributed by atoms with E-state index in [1.165, 1.54) is 12.2 Å². The van der Waals surface area contributed by atoms with E-state index in [-0.39, 0.29) is 36.8 Å². The first-order valence-electron chi connectivity index (χ1n) is 5.03. The summed E-state index contributed by atoms with van der Waals surface area (Å²) in [5.41, 5.74) is 2.34. The molecule has 0 unspecified atom stereocenters. The van der Waals surface area contributed by atoms with E-state index in [0.717, 1.165) is 4.76 Å². The van der Waals surface area contributed by atoms with Gasteiger partial charge in [-0.25, -0.2) is 0 Å². The predicted molar refractivity (Wildman–Crippen MR) is 62.5 cm³/mol. The second-order valence-electron chi connectivity index (χ2n) is 3.95. The third kappa shape index (κ3) is 1.61. The molecule has 1 heterocycles. The van der Waals surface area contributed by atoms with Gasteiger partial charge in [-0.2, -0.15) is 0 Å². The van der Waals surface area contributed by atoms with Crippen LogP contribution in [0.1, 0.15) is 12.8 Å². The number of fused-ring (bicyclic) bond motifs is 2. The molecule has 4 nitrogen and oxygen atoms in total. The summed E-state index contributed by atoms with van der Waals surface area (Å²) < 4.78 is 0.773. The van der Waals surface area contributed by atoms with E-state index in [4.69, 9.17) is 0 Å². The van der Waals surface area contributed by atoms with Gasteiger partial charge in [-0.3, -0.25) is 9.59 Å². The van der Waals surface area contributed by atoms with Gasteiger partial charge in [0.1, 0.15) is 6.42 Å². The second kappa shape index (κ2) is 3.89. The third-order valence-corrected chi connectivity index (χ3v) is 2.92. The zero-order valence-corrected chi connectivity index (χ0v) is 9.62. The molecule has 0 amide bonds. The molecule has 3 rings (SSSR count). The molecule has 0 N–H and O–H groups in total. The number of rotatable bonds is 0. The fraction of sp³-hybridized carbons (Fsp3) is 0.167. The summed E-state index contributed by atoms with van der Waals surface area (Å²) in [6, 6.07) is 0. The molecule has 0 saturated heterocycles. The number of hydrogen-bond acceptors (Lipinski definition) is 3. The first-order chi connectivity index (χ1) is 7.66. The van der Waals surface area contributed by atoms with Crippen LogP contribution in [0.15, 0.2) is 46.8 Å². The van der Waals surface area contributed by atoms with Crippen LogP contribution < -0.4 is 0 Å². The van der Waals surface area contributed by atoms with Crippen LogP contribution in [-0.4, -0.2) is 16.3 Å². The number of carbonyl (C=O) groups is 2. The van der Waals surface area contributed by atoms with Crippen LogP contribution in [0.5, 0.6) is 0 Å². The van der Waals surface area contributed by atoms with Crippen molar-refractivity contribution in [3.05, 3.63) is 51.8 Å². The normalized spacial score (nSPS) is 21.8. The average Bonchev–Trinajstić information content (AvgIpc) is 2.52. The molecule has 0 aromatic heterocycles. The van der Waals surface area contributed by atoms with E-state index in [0.29, 0.717) is 22.5 Å². The predicted octanol–water partition coefficient (Wildman–Crippen LogP) is 1.77. The van der Waals surface area contributed by atoms with Gasteiger partial charge in [0.15, 0.2) is 11.6 Å². The van der Waals surface area contributed by atoms with Crippen LogP contribution in [0.3, 0.4) is 0 Å². The Bertz CT molecular complexity index is 579. The Morgan fingerprint density at radius 2 is 1.88 bits per heavy atom. The second-order valence-corrected chi connectivity index (χ2v) is 3.95. The minimum Gasteiger partial charge on any atom is -0.294 e. The lowest BCUT2D eigenvalue weighted by molar-refractivity contribution is -0.437. The lowest BCUT2D eigenvalue weighted by Crippen LogP contribution is -2.08. The van der Waals surface area contributed by atoms with Crippen LogP contribution in [-0.2, 0) is 9.59 Å². The highest BCUT2D eigenvalue weighted by Crippen LogP contribution is 2.39. The van der Waals surface area contributed by atoms with E-state index in [9.17, 15) is 14.5 Å². The van der Waals surface area contributed by atoms with Gasteiger partial charge in [-0.1, -0.05) is 0 Å². The van der Waals surface area contributed by atoms with Crippen molar-refractivity contribution in [1.29, 1.82) is 0 Å². The molecule has 0 saturated carbocycles. The average molecular weight is 251 g/mol. The van der Waals surface area contributed by atoms with Crippen LogP contribution in [0, 0.1) is 4.91 Å². The molecule has 2 aliphatic carbocycles. The molecule has 0 aromatic carbocycles. The molecule has 5 heteroatoms. The largest absolute Gasteiger partial charge is 0.294 e. The summed E-state index contributed by atoms with van der Waals surface area (Å²) in [5, 5.41) is 0. The zero-order valence-electron chi connectivity index (χ0n) is 8.80. The van der Waals surface area contributed by atoms with Gasteiger partial charge in [-0.05, 0) is 18.2 Å². The molecule has 86 valence electrons. The van der Waals surface area contributed by atoms with Crippen molar-refractivity contribution in [3.8, 4) is 0 Å². The summed E-state index contributed by atoms with van der Waals surface area (Å²) in [5.74, 6) is -0.0861. The molecular weight excluding hydrogens is 242 g/mol. The van der Waals surface area contributed by atoms with Crippen molar-refractivity contribution in [2.24, 2.45) is 0 Å². The van der Waals surface area contributed by atoms with Gasteiger partial charge in [0.25, 0.3) is 11.4 Å². The number of nitroso groups, excluding NO2 is 1. The van der Waals surface area contributed by atoms with Gasteiger partial charge >= 0.3 is 0 Å². The molecule has 0 spiro atoms. The highest BCUT2D eigenvalue weighted by molar-refractivity contribution is 5.98. The SMILES string of the molecule is Cl.O=C1C=C2C(=CC1)[N+](=O)C1=C2C=CC(=O)C1. The van der Waals surface area contributed by atoms with Crippen LogP contribution in [0.25, 0.3) is 0 Å². The molecular formula is C12H9ClNO3+. The van der Waals surface area contributed by atoms with E-state index >= 15 is 0 Å². The molecule has 17 heavy (non-hydrogen) atoms. The Morgan fingerprint density at radius 3 is 2.65 bits per heavy atom. The lowest BCUT2D eigenvalue weighted by atomic mass is 9.94. The quantitative estimate of drug-likeness (QED) is 0.616. The lowest BCUT2D eigenvalue weighted by Gasteiger charge is -2.01. The zero-order chi connectivity index (χ0) is 11.3. The number of carbonyl (C=O) groups excluding carboxylic acids is 2. The van der Waals surface area contributed by atoms with Gasteiger partial charge in [0.2, 0.25) is 0 Å². The maximum absolute atomic E-state index is 11.9. The van der Waals surface area contributed by atoms with Crippen molar-refractivity contribution in [2.45, 2.75) is 12.8 Å². The minimum atomic E-state index is -0.0780. The van der Waals surface area contributed by atoms with E-state index in [1.54, 1.807) is 12.2 Å². The van der Waals surface area contributed by atoms with E-state index < -0.39 is 0 Å². The number of halogens is 1. The smallest absolute Gasteiger partial charge is 0.267 e. The standard InChI is InChI=1S/C12H8NO3.ClH/c14-7-2-4-11-10(5-7)9-3-1-8(15)6-12(9)13(11)16;/h1,3-5H,2,6H2;1H/q+1;. The van der Waals surface area contributed by atoms with Gasteiger partial charge in [-0.15, -0.1) is 12.4 Å². The molecule has 0 fully saturated rings. The van der Waals surface area contributed by atoms with Gasteiger partial charge in [0.05, 0.1) is 15.9 Å². The Morgan fingerprint density at radius 1 is 1.12 bits per heavy atom. The Kier molecular flexibility index (Phi) is 2.67. The highest BCUT2D eigenvalue weighted by Gasteiger charge is 2.44. The maximum Gasteiger partial charge on any atom is 0.267 e. The molecule has 3 aliphatic rings. The maximum atomic E-state index is 11.9. The van der Waals surface area contributed by atoms with Crippen LogP contribution in [0.2, 0.25) is 0 Å². The number of hydrogen-bond donors (Lipinski definition) is 0. The number of nitrogens with zero attached hydrogens (tertiary/aromatic N) is 1.